The second kappa shape index (κ2) is 8.39. The number of aryl methyl sites for hydroxylation is 1. The van der Waals surface area contributed by atoms with E-state index in [-0.39, 0.29) is 16.8 Å². The number of benzene rings is 1. The smallest absolute Gasteiger partial charge is 0.243 e. The molecular weight excluding hydrogens is 390 g/mol. The Balaban J connectivity index is 1.59. The summed E-state index contributed by atoms with van der Waals surface area (Å²) in [6, 6.07) is 4.48. The van der Waals surface area contributed by atoms with Gasteiger partial charge in [-0.25, -0.2) is 13.1 Å². The summed E-state index contributed by atoms with van der Waals surface area (Å²) in [6.45, 7) is 3.16. The summed E-state index contributed by atoms with van der Waals surface area (Å²) in [5.41, 5.74) is 1.38. The van der Waals surface area contributed by atoms with Crippen molar-refractivity contribution in [1.82, 2.24) is 24.6 Å². The number of nitrogens with one attached hydrogen (secondary N) is 1. The van der Waals surface area contributed by atoms with Crippen molar-refractivity contribution in [3.63, 3.8) is 0 Å². The standard InChI is InChI=1S/C20H29N5O3S/c1-2-12-24-18-11-10-16(14-17(18)22-23-24)29(27,28)25-13-6-5-9-19(25)20(26)21-15-7-3-4-8-15/h10-11,14-15,19H,2-9,12-13H2,1H3,(H,21,26). The zero-order valence-electron chi connectivity index (χ0n) is 16.9. The molecule has 8 nitrogen and oxygen atoms in total. The molecule has 4 rings (SSSR count). The van der Waals surface area contributed by atoms with Crippen LogP contribution in [0.3, 0.4) is 0 Å². The Hall–Kier alpha value is -2.00. The molecule has 2 heterocycles. The molecule has 1 amide bonds. The van der Waals surface area contributed by atoms with Crippen LogP contribution in [0.25, 0.3) is 11.0 Å². The van der Waals surface area contributed by atoms with Crippen molar-refractivity contribution in [1.29, 1.82) is 0 Å². The predicted octanol–water partition coefficient (Wildman–Crippen LogP) is 2.44. The molecule has 1 aromatic heterocycles. The van der Waals surface area contributed by atoms with E-state index in [1.807, 2.05) is 0 Å². The highest BCUT2D eigenvalue weighted by atomic mass is 32.2. The van der Waals surface area contributed by atoms with Crippen LogP contribution in [0.5, 0.6) is 0 Å². The molecule has 2 fully saturated rings. The van der Waals surface area contributed by atoms with Gasteiger partial charge in [-0.1, -0.05) is 31.4 Å². The number of hydrogen-bond acceptors (Lipinski definition) is 5. The maximum atomic E-state index is 13.4. The number of nitrogens with zero attached hydrogens (tertiary/aromatic N) is 4. The van der Waals surface area contributed by atoms with Crippen LogP contribution in [0.2, 0.25) is 0 Å². The van der Waals surface area contributed by atoms with Gasteiger partial charge in [0.15, 0.2) is 0 Å². The third-order valence-electron chi connectivity index (χ3n) is 5.99. The minimum absolute atomic E-state index is 0.157. The Kier molecular flexibility index (Phi) is 5.87. The summed E-state index contributed by atoms with van der Waals surface area (Å²) in [5, 5.41) is 11.3. The summed E-state index contributed by atoms with van der Waals surface area (Å²) >= 11 is 0. The fourth-order valence-electron chi connectivity index (χ4n) is 4.45. The first-order valence-corrected chi connectivity index (χ1v) is 12.1. The Morgan fingerprint density at radius 2 is 1.93 bits per heavy atom. The highest BCUT2D eigenvalue weighted by Gasteiger charge is 2.38. The lowest BCUT2D eigenvalue weighted by molar-refractivity contribution is -0.126. The van der Waals surface area contributed by atoms with Crippen LogP contribution < -0.4 is 5.32 Å². The molecule has 1 N–H and O–H groups in total. The second-order valence-corrected chi connectivity index (χ2v) is 9.97. The van der Waals surface area contributed by atoms with Gasteiger partial charge < -0.3 is 5.32 Å². The Morgan fingerprint density at radius 1 is 1.17 bits per heavy atom. The highest BCUT2D eigenvalue weighted by Crippen LogP contribution is 2.28. The van der Waals surface area contributed by atoms with Gasteiger partial charge in [-0.05, 0) is 50.3 Å². The zero-order valence-corrected chi connectivity index (χ0v) is 17.7. The fourth-order valence-corrected chi connectivity index (χ4v) is 6.12. The maximum Gasteiger partial charge on any atom is 0.243 e. The summed E-state index contributed by atoms with van der Waals surface area (Å²) in [7, 11) is -3.79. The van der Waals surface area contributed by atoms with E-state index in [4.69, 9.17) is 0 Å². The number of carbonyl (C=O) groups is 1. The van der Waals surface area contributed by atoms with Crippen LogP contribution in [0.15, 0.2) is 23.1 Å². The molecule has 29 heavy (non-hydrogen) atoms. The molecule has 0 bridgehead atoms. The van der Waals surface area contributed by atoms with Gasteiger partial charge in [-0.2, -0.15) is 4.31 Å². The Labute approximate surface area is 171 Å². The average Bonchev–Trinajstić information content (AvgIpc) is 3.38. The third kappa shape index (κ3) is 4.02. The zero-order chi connectivity index (χ0) is 20.4. The van der Waals surface area contributed by atoms with E-state index in [0.717, 1.165) is 57.0 Å². The lowest BCUT2D eigenvalue weighted by Crippen LogP contribution is -2.53. The molecule has 0 radical (unpaired) electrons. The first-order valence-electron chi connectivity index (χ1n) is 10.7. The number of carbonyl (C=O) groups excluding carboxylic acids is 1. The van der Waals surface area contributed by atoms with Crippen LogP contribution in [0.1, 0.15) is 58.3 Å². The molecule has 1 saturated carbocycles. The number of amides is 1. The molecule has 1 saturated heterocycles. The summed E-state index contributed by atoms with van der Waals surface area (Å²) < 4.78 is 30.0. The molecule has 2 aliphatic rings. The van der Waals surface area contributed by atoms with E-state index in [1.54, 1.807) is 22.9 Å². The molecule has 1 aliphatic carbocycles. The summed E-state index contributed by atoms with van der Waals surface area (Å²) in [6.07, 6.45) is 7.31. The van der Waals surface area contributed by atoms with Crippen LogP contribution in [-0.2, 0) is 21.4 Å². The van der Waals surface area contributed by atoms with E-state index in [2.05, 4.69) is 22.6 Å². The number of piperidine rings is 1. The number of hydrogen-bond donors (Lipinski definition) is 1. The molecule has 158 valence electrons. The van der Waals surface area contributed by atoms with Crippen molar-refractivity contribution in [2.24, 2.45) is 0 Å². The van der Waals surface area contributed by atoms with Crippen LogP contribution in [0, 0.1) is 0 Å². The van der Waals surface area contributed by atoms with Crippen LogP contribution in [0.4, 0.5) is 0 Å². The number of aromatic nitrogens is 3. The lowest BCUT2D eigenvalue weighted by Gasteiger charge is -2.34. The number of rotatable bonds is 6. The quantitative estimate of drug-likeness (QED) is 0.776. The SMILES string of the molecule is CCCn1nnc2cc(S(=O)(=O)N3CCCCC3C(=O)NC3CCCC3)ccc21. The first-order chi connectivity index (χ1) is 14.0. The van der Waals surface area contributed by atoms with E-state index in [1.165, 1.54) is 4.31 Å². The Morgan fingerprint density at radius 3 is 2.69 bits per heavy atom. The fraction of sp³-hybridized carbons (Fsp3) is 0.650. The molecule has 9 heteroatoms. The van der Waals surface area contributed by atoms with Crippen molar-refractivity contribution >= 4 is 27.0 Å². The largest absolute Gasteiger partial charge is 0.352 e. The molecule has 1 aliphatic heterocycles. The minimum atomic E-state index is -3.79. The van der Waals surface area contributed by atoms with Crippen molar-refractivity contribution in [2.45, 2.75) is 81.8 Å². The van der Waals surface area contributed by atoms with Crippen molar-refractivity contribution < 1.29 is 13.2 Å². The van der Waals surface area contributed by atoms with Crippen molar-refractivity contribution in [2.75, 3.05) is 6.54 Å². The predicted molar refractivity (Wildman–Crippen MR) is 110 cm³/mol. The van der Waals surface area contributed by atoms with Crippen molar-refractivity contribution in [3.8, 4) is 0 Å². The monoisotopic (exact) mass is 419 g/mol. The lowest BCUT2D eigenvalue weighted by atomic mass is 10.0. The highest BCUT2D eigenvalue weighted by molar-refractivity contribution is 7.89. The topological polar surface area (TPSA) is 97.2 Å². The molecule has 1 atom stereocenters. The molecular formula is C20H29N5O3S. The maximum absolute atomic E-state index is 13.4. The molecule has 2 aromatic rings. The van der Waals surface area contributed by atoms with E-state index in [9.17, 15) is 13.2 Å². The molecule has 1 unspecified atom stereocenters. The van der Waals surface area contributed by atoms with E-state index < -0.39 is 16.1 Å². The van der Waals surface area contributed by atoms with Crippen molar-refractivity contribution in [3.05, 3.63) is 18.2 Å². The minimum Gasteiger partial charge on any atom is -0.352 e. The van der Waals surface area contributed by atoms with Gasteiger partial charge in [0.25, 0.3) is 0 Å². The first kappa shape index (κ1) is 20.3. The number of fused-ring (bicyclic) bond motifs is 1. The summed E-state index contributed by atoms with van der Waals surface area (Å²) in [4.78, 5) is 13.1. The van der Waals surface area contributed by atoms with Crippen LogP contribution in [-0.4, -0.2) is 52.3 Å². The third-order valence-corrected chi connectivity index (χ3v) is 7.89. The van der Waals surface area contributed by atoms with E-state index in [0.29, 0.717) is 18.5 Å². The van der Waals surface area contributed by atoms with Gasteiger partial charge in [-0.15, -0.1) is 5.10 Å². The average molecular weight is 420 g/mol. The van der Waals surface area contributed by atoms with Gasteiger partial charge in [-0.3, -0.25) is 4.79 Å². The molecule has 1 aromatic carbocycles. The van der Waals surface area contributed by atoms with Gasteiger partial charge >= 0.3 is 0 Å². The second-order valence-electron chi connectivity index (χ2n) is 8.08. The van der Waals surface area contributed by atoms with Gasteiger partial charge in [0.2, 0.25) is 15.9 Å². The van der Waals surface area contributed by atoms with E-state index >= 15 is 0 Å². The Bertz CT molecular complexity index is 981. The van der Waals surface area contributed by atoms with Crippen LogP contribution >= 0.6 is 0 Å². The number of sulfonamides is 1. The van der Waals surface area contributed by atoms with Gasteiger partial charge in [0, 0.05) is 19.1 Å². The summed E-state index contributed by atoms with van der Waals surface area (Å²) in [5.74, 6) is -0.157. The molecule has 0 spiro atoms. The normalized spacial score (nSPS) is 21.6. The van der Waals surface area contributed by atoms with Gasteiger partial charge in [0.05, 0.1) is 10.4 Å². The van der Waals surface area contributed by atoms with Gasteiger partial charge in [0.1, 0.15) is 11.6 Å².